The quantitative estimate of drug-likeness (QED) is 0.820. The highest BCUT2D eigenvalue weighted by Gasteiger charge is 2.22. The molecule has 0 atom stereocenters. The molecule has 1 fully saturated rings. The van der Waals surface area contributed by atoms with E-state index in [-0.39, 0.29) is 5.91 Å². The van der Waals surface area contributed by atoms with Gasteiger partial charge in [-0.05, 0) is 24.3 Å². The Morgan fingerprint density at radius 3 is 2.94 bits per heavy atom. The smallest absolute Gasteiger partial charge is 0.276 e. The molecule has 0 aliphatic carbocycles. The van der Waals surface area contributed by atoms with E-state index < -0.39 is 0 Å². The lowest BCUT2D eigenvalue weighted by Gasteiger charge is -2.12. The van der Waals surface area contributed by atoms with Crippen LogP contribution in [0.4, 0.5) is 0 Å². The van der Waals surface area contributed by atoms with Crippen molar-refractivity contribution >= 4 is 17.2 Å². The number of likely N-dealkylation sites (tertiary alicyclic amines) is 1. The van der Waals surface area contributed by atoms with Crippen molar-refractivity contribution in [3.63, 3.8) is 0 Å². The average molecular weight is 248 g/mol. The summed E-state index contributed by atoms with van der Waals surface area (Å²) in [5.74, 6) is 0.650. The predicted molar refractivity (Wildman–Crippen MR) is 65.0 cm³/mol. The van der Waals surface area contributed by atoms with Crippen LogP contribution in [-0.4, -0.2) is 29.1 Å². The molecule has 3 heterocycles. The maximum atomic E-state index is 12.0. The summed E-state index contributed by atoms with van der Waals surface area (Å²) in [4.78, 5) is 14.9. The number of thiophene rings is 1. The summed E-state index contributed by atoms with van der Waals surface area (Å²) in [6.07, 6.45) is 2.17. The molecule has 2 aromatic heterocycles. The van der Waals surface area contributed by atoms with Gasteiger partial charge in [-0.15, -0.1) is 11.3 Å². The van der Waals surface area contributed by atoms with Crippen molar-refractivity contribution in [3.05, 3.63) is 29.3 Å². The van der Waals surface area contributed by atoms with Crippen LogP contribution in [0.15, 0.2) is 28.1 Å². The molecule has 4 nitrogen and oxygen atoms in total. The van der Waals surface area contributed by atoms with Gasteiger partial charge < -0.3 is 9.42 Å². The van der Waals surface area contributed by atoms with Crippen molar-refractivity contribution in [3.8, 4) is 10.6 Å². The van der Waals surface area contributed by atoms with E-state index in [1.165, 1.54) is 0 Å². The topological polar surface area (TPSA) is 46.3 Å². The molecule has 0 N–H and O–H groups in total. The van der Waals surface area contributed by atoms with E-state index in [2.05, 4.69) is 5.16 Å². The molecule has 5 heteroatoms. The lowest BCUT2D eigenvalue weighted by Crippen LogP contribution is -2.27. The molecule has 0 aromatic carbocycles. The first kappa shape index (κ1) is 10.5. The van der Waals surface area contributed by atoms with E-state index in [4.69, 9.17) is 4.52 Å². The molecule has 1 aliphatic heterocycles. The second kappa shape index (κ2) is 4.33. The van der Waals surface area contributed by atoms with Crippen molar-refractivity contribution in [2.75, 3.05) is 13.1 Å². The Morgan fingerprint density at radius 1 is 1.41 bits per heavy atom. The van der Waals surface area contributed by atoms with Gasteiger partial charge in [0.2, 0.25) is 0 Å². The average Bonchev–Trinajstić information content (AvgIpc) is 3.09. The van der Waals surface area contributed by atoms with Gasteiger partial charge in [0.15, 0.2) is 11.5 Å². The van der Waals surface area contributed by atoms with Crippen LogP contribution < -0.4 is 0 Å². The van der Waals surface area contributed by atoms with Crippen LogP contribution in [0.3, 0.4) is 0 Å². The van der Waals surface area contributed by atoms with Crippen LogP contribution in [0.1, 0.15) is 23.3 Å². The van der Waals surface area contributed by atoms with Gasteiger partial charge >= 0.3 is 0 Å². The largest absolute Gasteiger partial charge is 0.355 e. The summed E-state index contributed by atoms with van der Waals surface area (Å²) >= 11 is 1.57. The van der Waals surface area contributed by atoms with Crippen LogP contribution in [0.2, 0.25) is 0 Å². The molecule has 88 valence electrons. The first-order valence-corrected chi connectivity index (χ1v) is 6.52. The summed E-state index contributed by atoms with van der Waals surface area (Å²) in [5, 5.41) is 5.83. The van der Waals surface area contributed by atoms with Crippen LogP contribution in [0.25, 0.3) is 10.6 Å². The minimum Gasteiger partial charge on any atom is -0.355 e. The summed E-state index contributed by atoms with van der Waals surface area (Å²) in [5.41, 5.74) is 0.412. The summed E-state index contributed by atoms with van der Waals surface area (Å²) in [7, 11) is 0. The zero-order chi connectivity index (χ0) is 11.7. The third kappa shape index (κ3) is 1.98. The molecule has 0 spiro atoms. The monoisotopic (exact) mass is 248 g/mol. The standard InChI is InChI=1S/C12H12N2O2S/c15-12(14-5-1-2-6-14)9-8-10(16-13-9)11-4-3-7-17-11/h3-4,7-8H,1-2,5-6H2. The van der Waals surface area contributed by atoms with E-state index in [0.29, 0.717) is 11.5 Å². The number of aromatic nitrogens is 1. The molecule has 2 aromatic rings. The Labute approximate surface area is 103 Å². The van der Waals surface area contributed by atoms with E-state index in [9.17, 15) is 4.79 Å². The number of nitrogens with zero attached hydrogens (tertiary/aromatic N) is 2. The molecule has 0 unspecified atom stereocenters. The lowest BCUT2D eigenvalue weighted by molar-refractivity contribution is 0.0782. The number of hydrogen-bond acceptors (Lipinski definition) is 4. The fraction of sp³-hybridized carbons (Fsp3) is 0.333. The summed E-state index contributed by atoms with van der Waals surface area (Å²) < 4.78 is 5.20. The molecule has 0 radical (unpaired) electrons. The molecule has 3 rings (SSSR count). The highest BCUT2D eigenvalue weighted by molar-refractivity contribution is 7.13. The molecular formula is C12H12N2O2S. The molecule has 0 saturated carbocycles. The zero-order valence-corrected chi connectivity index (χ0v) is 10.1. The minimum absolute atomic E-state index is 0.0194. The van der Waals surface area contributed by atoms with Crippen LogP contribution in [-0.2, 0) is 0 Å². The molecule has 1 amide bonds. The van der Waals surface area contributed by atoms with Crippen molar-refractivity contribution in [2.45, 2.75) is 12.8 Å². The molecule has 1 saturated heterocycles. The fourth-order valence-electron chi connectivity index (χ4n) is 1.99. The molecular weight excluding hydrogens is 236 g/mol. The zero-order valence-electron chi connectivity index (χ0n) is 9.26. The highest BCUT2D eigenvalue weighted by Crippen LogP contribution is 2.25. The normalized spacial score (nSPS) is 15.4. The van der Waals surface area contributed by atoms with Gasteiger partial charge in [0.1, 0.15) is 0 Å². The van der Waals surface area contributed by atoms with Gasteiger partial charge in [-0.2, -0.15) is 0 Å². The van der Waals surface area contributed by atoms with E-state index in [0.717, 1.165) is 30.8 Å². The Hall–Kier alpha value is -1.62. The SMILES string of the molecule is O=C(c1cc(-c2cccs2)on1)N1CCCC1. The molecule has 0 bridgehead atoms. The first-order chi connectivity index (χ1) is 8.34. The summed E-state index contributed by atoms with van der Waals surface area (Å²) in [6, 6.07) is 5.63. The van der Waals surface area contributed by atoms with Crippen molar-refractivity contribution in [1.29, 1.82) is 0 Å². The third-order valence-electron chi connectivity index (χ3n) is 2.89. The Bertz CT molecular complexity index is 512. The minimum atomic E-state index is -0.0194. The molecule has 17 heavy (non-hydrogen) atoms. The van der Waals surface area contributed by atoms with Crippen LogP contribution in [0, 0.1) is 0 Å². The van der Waals surface area contributed by atoms with Gasteiger partial charge in [-0.1, -0.05) is 11.2 Å². The van der Waals surface area contributed by atoms with Gasteiger partial charge in [0.05, 0.1) is 4.88 Å². The van der Waals surface area contributed by atoms with Gasteiger partial charge in [0, 0.05) is 19.2 Å². The van der Waals surface area contributed by atoms with E-state index in [1.54, 1.807) is 17.4 Å². The Morgan fingerprint density at radius 2 is 2.24 bits per heavy atom. The number of carbonyl (C=O) groups excluding carboxylic acids is 1. The Kier molecular flexibility index (Phi) is 2.68. The van der Waals surface area contributed by atoms with Gasteiger partial charge in [-0.25, -0.2) is 0 Å². The number of hydrogen-bond donors (Lipinski definition) is 0. The van der Waals surface area contributed by atoms with Crippen LogP contribution >= 0.6 is 11.3 Å². The maximum absolute atomic E-state index is 12.0. The number of rotatable bonds is 2. The molecule has 1 aliphatic rings. The van der Waals surface area contributed by atoms with Crippen molar-refractivity contribution < 1.29 is 9.32 Å². The summed E-state index contributed by atoms with van der Waals surface area (Å²) in [6.45, 7) is 1.67. The van der Waals surface area contributed by atoms with Crippen molar-refractivity contribution in [2.24, 2.45) is 0 Å². The number of carbonyl (C=O) groups is 1. The van der Waals surface area contributed by atoms with E-state index >= 15 is 0 Å². The predicted octanol–water partition coefficient (Wildman–Crippen LogP) is 2.64. The third-order valence-corrected chi connectivity index (χ3v) is 3.77. The lowest BCUT2D eigenvalue weighted by atomic mass is 10.3. The highest BCUT2D eigenvalue weighted by atomic mass is 32.1. The van der Waals surface area contributed by atoms with Gasteiger partial charge in [0.25, 0.3) is 5.91 Å². The van der Waals surface area contributed by atoms with E-state index in [1.807, 2.05) is 22.4 Å². The number of amides is 1. The first-order valence-electron chi connectivity index (χ1n) is 5.64. The van der Waals surface area contributed by atoms with Crippen LogP contribution in [0.5, 0.6) is 0 Å². The van der Waals surface area contributed by atoms with Gasteiger partial charge in [-0.3, -0.25) is 4.79 Å². The fourth-order valence-corrected chi connectivity index (χ4v) is 2.67. The second-order valence-corrected chi connectivity index (χ2v) is 5.00. The van der Waals surface area contributed by atoms with Crippen molar-refractivity contribution in [1.82, 2.24) is 10.1 Å². The Balaban J connectivity index is 1.82. The maximum Gasteiger partial charge on any atom is 0.276 e. The second-order valence-electron chi connectivity index (χ2n) is 4.05.